The van der Waals surface area contributed by atoms with Crippen molar-refractivity contribution in [2.24, 2.45) is 0 Å². The Bertz CT molecular complexity index is 1120. The van der Waals surface area contributed by atoms with Gasteiger partial charge in [0.15, 0.2) is 0 Å². The summed E-state index contributed by atoms with van der Waals surface area (Å²) < 4.78 is 7.24. The molecule has 0 amide bonds. The van der Waals surface area contributed by atoms with Crippen molar-refractivity contribution in [1.82, 2.24) is 9.78 Å². The van der Waals surface area contributed by atoms with Crippen molar-refractivity contribution >= 4 is 34.6 Å². The number of halogens is 1. The average Bonchev–Trinajstić information content (AvgIpc) is 3.07. The number of ether oxygens (including phenoxy) is 1. The minimum atomic E-state index is -0.594. The average molecular weight is 427 g/mol. The zero-order chi connectivity index (χ0) is 20.8. The van der Waals surface area contributed by atoms with Gasteiger partial charge in [-0.1, -0.05) is 18.2 Å². The minimum Gasteiger partial charge on any atom is -0.456 e. The molecular formula is C22H19ClN2O3S. The van der Waals surface area contributed by atoms with Gasteiger partial charge in [0.25, 0.3) is 5.24 Å². The molecule has 0 bridgehead atoms. The van der Waals surface area contributed by atoms with E-state index in [9.17, 15) is 9.59 Å². The van der Waals surface area contributed by atoms with Crippen molar-refractivity contribution in [2.45, 2.75) is 37.0 Å². The third kappa shape index (κ3) is 3.82. The fourth-order valence-corrected chi connectivity index (χ4v) is 4.43. The minimum absolute atomic E-state index is 0.242. The Kier molecular flexibility index (Phi) is 5.00. The molecule has 3 aromatic rings. The summed E-state index contributed by atoms with van der Waals surface area (Å²) in [7, 11) is 0. The van der Waals surface area contributed by atoms with Crippen LogP contribution in [0.2, 0.25) is 0 Å². The van der Waals surface area contributed by atoms with Gasteiger partial charge in [-0.25, -0.2) is 9.48 Å². The Morgan fingerprint density at radius 3 is 2.52 bits per heavy atom. The predicted octanol–water partition coefficient (Wildman–Crippen LogP) is 5.48. The van der Waals surface area contributed by atoms with E-state index in [1.807, 2.05) is 57.2 Å². The number of hydrogen-bond acceptors (Lipinski definition) is 5. The molecule has 29 heavy (non-hydrogen) atoms. The third-order valence-electron chi connectivity index (χ3n) is 4.41. The standard InChI is InChI=1S/C22H19ClN2O3S/c1-22(2,3)28-21(27)13-9-10-17-15(11-13)19-16(12-29-17)18(20(23)26)24-25(19)14-7-5-4-6-8-14/h4-11H,12H2,1-3H3. The SMILES string of the molecule is CC(C)(C)OC(=O)c1ccc2c(c1)-c1c(c(C(=O)Cl)nn1-c1ccccc1)CS2. The van der Waals surface area contributed by atoms with Crippen LogP contribution < -0.4 is 0 Å². The van der Waals surface area contributed by atoms with E-state index < -0.39 is 16.8 Å². The number of esters is 1. The van der Waals surface area contributed by atoms with Crippen molar-refractivity contribution in [1.29, 1.82) is 0 Å². The Labute approximate surface area is 178 Å². The number of hydrogen-bond donors (Lipinski definition) is 0. The fourth-order valence-electron chi connectivity index (χ4n) is 3.23. The van der Waals surface area contributed by atoms with Gasteiger partial charge >= 0.3 is 5.97 Å². The van der Waals surface area contributed by atoms with Crippen molar-refractivity contribution < 1.29 is 14.3 Å². The molecule has 0 saturated heterocycles. The summed E-state index contributed by atoms with van der Waals surface area (Å²) >= 11 is 7.41. The van der Waals surface area contributed by atoms with Gasteiger partial charge in [0.05, 0.1) is 16.9 Å². The highest BCUT2D eigenvalue weighted by Crippen LogP contribution is 2.44. The lowest BCUT2D eigenvalue weighted by molar-refractivity contribution is 0.00694. The first-order chi connectivity index (χ1) is 13.7. The lowest BCUT2D eigenvalue weighted by Gasteiger charge is -2.21. The maximum atomic E-state index is 12.6. The van der Waals surface area contributed by atoms with Crippen LogP contribution >= 0.6 is 23.4 Å². The van der Waals surface area contributed by atoms with E-state index in [-0.39, 0.29) is 5.69 Å². The van der Waals surface area contributed by atoms with E-state index in [1.54, 1.807) is 28.6 Å². The Morgan fingerprint density at radius 2 is 1.86 bits per heavy atom. The molecule has 0 atom stereocenters. The maximum Gasteiger partial charge on any atom is 0.338 e. The van der Waals surface area contributed by atoms with Crippen molar-refractivity contribution in [2.75, 3.05) is 0 Å². The van der Waals surface area contributed by atoms with Gasteiger partial charge in [-0.15, -0.1) is 11.8 Å². The molecule has 1 aliphatic heterocycles. The second kappa shape index (κ2) is 7.35. The molecule has 7 heteroatoms. The molecule has 0 spiro atoms. The first kappa shape index (κ1) is 19.7. The number of thioether (sulfide) groups is 1. The zero-order valence-corrected chi connectivity index (χ0v) is 17.8. The number of nitrogens with zero attached hydrogens (tertiary/aromatic N) is 2. The normalized spacial score (nSPS) is 12.8. The number of rotatable bonds is 3. The predicted molar refractivity (Wildman–Crippen MR) is 114 cm³/mol. The highest BCUT2D eigenvalue weighted by molar-refractivity contribution is 7.98. The zero-order valence-electron chi connectivity index (χ0n) is 16.2. The Morgan fingerprint density at radius 1 is 1.14 bits per heavy atom. The van der Waals surface area contributed by atoms with E-state index in [4.69, 9.17) is 16.3 Å². The number of benzene rings is 2. The van der Waals surface area contributed by atoms with Gasteiger partial charge in [0.1, 0.15) is 11.3 Å². The monoisotopic (exact) mass is 426 g/mol. The third-order valence-corrected chi connectivity index (χ3v) is 5.69. The largest absolute Gasteiger partial charge is 0.456 e. The molecule has 4 rings (SSSR count). The van der Waals surface area contributed by atoms with Crippen molar-refractivity contribution in [3.8, 4) is 16.9 Å². The van der Waals surface area contributed by atoms with E-state index in [2.05, 4.69) is 5.10 Å². The van der Waals surface area contributed by atoms with Crippen LogP contribution in [0.25, 0.3) is 16.9 Å². The summed E-state index contributed by atoms with van der Waals surface area (Å²) in [5.41, 5.74) is 3.30. The molecule has 148 valence electrons. The van der Waals surface area contributed by atoms with E-state index in [1.165, 1.54) is 0 Å². The summed E-state index contributed by atoms with van der Waals surface area (Å²) in [6.07, 6.45) is 0. The van der Waals surface area contributed by atoms with E-state index in [0.717, 1.165) is 27.4 Å². The van der Waals surface area contributed by atoms with Crippen LogP contribution in [0.1, 0.15) is 47.2 Å². The fraction of sp³-hybridized carbons (Fsp3) is 0.227. The molecule has 0 unspecified atom stereocenters. The van der Waals surface area contributed by atoms with Gasteiger partial charge < -0.3 is 4.74 Å². The van der Waals surface area contributed by atoms with Gasteiger partial charge in [-0.05, 0) is 62.7 Å². The molecule has 0 fully saturated rings. The van der Waals surface area contributed by atoms with Crippen molar-refractivity contribution in [3.63, 3.8) is 0 Å². The first-order valence-corrected chi connectivity index (χ1v) is 10.5. The number of aromatic nitrogens is 2. The molecule has 5 nitrogen and oxygen atoms in total. The second-order valence-electron chi connectivity index (χ2n) is 7.70. The van der Waals surface area contributed by atoms with Gasteiger partial charge in [-0.2, -0.15) is 5.10 Å². The van der Waals surface area contributed by atoms with Crippen LogP contribution in [-0.4, -0.2) is 26.6 Å². The molecular weight excluding hydrogens is 408 g/mol. The Balaban J connectivity index is 1.90. The number of carbonyl (C=O) groups is 2. The van der Waals surface area contributed by atoms with Gasteiger partial charge in [0.2, 0.25) is 0 Å². The van der Waals surface area contributed by atoms with Crippen molar-refractivity contribution in [3.05, 3.63) is 65.4 Å². The molecule has 0 N–H and O–H groups in total. The van der Waals surface area contributed by atoms with Crippen LogP contribution in [-0.2, 0) is 10.5 Å². The smallest absolute Gasteiger partial charge is 0.338 e. The molecule has 0 radical (unpaired) electrons. The van der Waals surface area contributed by atoms with E-state index >= 15 is 0 Å². The highest BCUT2D eigenvalue weighted by atomic mass is 35.5. The lowest BCUT2D eigenvalue weighted by Crippen LogP contribution is -2.24. The van der Waals surface area contributed by atoms with E-state index in [0.29, 0.717) is 11.3 Å². The number of carbonyl (C=O) groups excluding carboxylic acids is 2. The Hall–Kier alpha value is -2.57. The molecule has 2 aromatic carbocycles. The van der Waals surface area contributed by atoms with Gasteiger partial charge in [0, 0.05) is 21.8 Å². The van der Waals surface area contributed by atoms with Gasteiger partial charge in [-0.3, -0.25) is 4.79 Å². The lowest BCUT2D eigenvalue weighted by atomic mass is 10.0. The quantitative estimate of drug-likeness (QED) is 0.410. The van der Waals surface area contributed by atoms with Crippen LogP contribution in [0.3, 0.4) is 0 Å². The summed E-state index contributed by atoms with van der Waals surface area (Å²) in [5, 5.41) is 3.91. The topological polar surface area (TPSA) is 61.2 Å². The highest BCUT2D eigenvalue weighted by Gasteiger charge is 2.30. The van der Waals surface area contributed by atoms with Crippen LogP contribution in [0.5, 0.6) is 0 Å². The first-order valence-electron chi connectivity index (χ1n) is 9.12. The summed E-state index contributed by atoms with van der Waals surface area (Å²) in [6.45, 7) is 5.50. The van der Waals surface area contributed by atoms with Crippen LogP contribution in [0.15, 0.2) is 53.4 Å². The maximum absolute atomic E-state index is 12.6. The molecule has 1 aromatic heterocycles. The summed E-state index contributed by atoms with van der Waals surface area (Å²) in [6, 6.07) is 15.0. The number of fused-ring (bicyclic) bond motifs is 3. The molecule has 1 aliphatic rings. The number of para-hydroxylation sites is 1. The molecule has 0 saturated carbocycles. The van der Waals surface area contributed by atoms with Crippen LogP contribution in [0.4, 0.5) is 0 Å². The second-order valence-corrected chi connectivity index (χ2v) is 9.06. The molecule has 0 aliphatic carbocycles. The van der Waals surface area contributed by atoms with Crippen LogP contribution in [0, 0.1) is 0 Å². The summed E-state index contributed by atoms with van der Waals surface area (Å²) in [5.74, 6) is 0.186. The molecule has 2 heterocycles. The summed E-state index contributed by atoms with van der Waals surface area (Å²) in [4.78, 5) is 25.6.